The SMILES string of the molecule is Nc1cc(C(=O)Nc2nccnn2)c(Br)cc1F. The van der Waals surface area contributed by atoms with Gasteiger partial charge in [-0.15, -0.1) is 5.10 Å². The highest BCUT2D eigenvalue weighted by atomic mass is 79.9. The highest BCUT2D eigenvalue weighted by molar-refractivity contribution is 9.10. The smallest absolute Gasteiger partial charge is 0.259 e. The van der Waals surface area contributed by atoms with E-state index < -0.39 is 11.7 Å². The Morgan fingerprint density at radius 2 is 2.17 bits per heavy atom. The molecule has 2 aromatic rings. The molecule has 0 saturated heterocycles. The number of nitrogen functional groups attached to an aromatic ring is 1. The fourth-order valence-corrected chi connectivity index (χ4v) is 1.71. The largest absolute Gasteiger partial charge is 0.396 e. The van der Waals surface area contributed by atoms with E-state index in [2.05, 4.69) is 36.4 Å². The molecular formula is C10H7BrFN5O. The molecule has 1 aromatic heterocycles. The van der Waals surface area contributed by atoms with Crippen LogP contribution >= 0.6 is 15.9 Å². The van der Waals surface area contributed by atoms with E-state index in [1.807, 2.05) is 0 Å². The van der Waals surface area contributed by atoms with Gasteiger partial charge in [0.25, 0.3) is 5.91 Å². The van der Waals surface area contributed by atoms with Crippen molar-refractivity contribution in [2.24, 2.45) is 0 Å². The molecule has 0 atom stereocenters. The minimum atomic E-state index is -0.601. The number of hydrogen-bond acceptors (Lipinski definition) is 5. The highest BCUT2D eigenvalue weighted by Crippen LogP contribution is 2.23. The van der Waals surface area contributed by atoms with Gasteiger partial charge in [0.1, 0.15) is 5.82 Å². The van der Waals surface area contributed by atoms with Crippen molar-refractivity contribution in [2.45, 2.75) is 0 Å². The average molecular weight is 312 g/mol. The normalized spacial score (nSPS) is 10.1. The van der Waals surface area contributed by atoms with E-state index >= 15 is 0 Å². The standard InChI is InChI=1S/C10H7BrFN5O/c11-6-4-7(12)8(13)3-5(6)9(18)16-10-14-1-2-15-17-10/h1-4H,13H2,(H,14,16,17,18). The predicted octanol–water partition coefficient (Wildman–Crippen LogP) is 1.61. The van der Waals surface area contributed by atoms with Crippen LogP contribution in [0.4, 0.5) is 16.0 Å². The van der Waals surface area contributed by atoms with E-state index in [1.54, 1.807) is 0 Å². The van der Waals surface area contributed by atoms with Gasteiger partial charge in [-0.25, -0.2) is 9.37 Å². The van der Waals surface area contributed by atoms with Crippen LogP contribution in [0.25, 0.3) is 0 Å². The Morgan fingerprint density at radius 1 is 1.39 bits per heavy atom. The topological polar surface area (TPSA) is 93.8 Å². The van der Waals surface area contributed by atoms with Gasteiger partial charge in [0.2, 0.25) is 5.95 Å². The quantitative estimate of drug-likeness (QED) is 0.822. The van der Waals surface area contributed by atoms with Crippen LogP contribution in [0.3, 0.4) is 0 Å². The molecule has 92 valence electrons. The second-order valence-electron chi connectivity index (χ2n) is 3.27. The van der Waals surface area contributed by atoms with Gasteiger partial charge in [0, 0.05) is 4.47 Å². The number of halogens is 2. The average Bonchev–Trinajstić information content (AvgIpc) is 2.35. The van der Waals surface area contributed by atoms with Crippen LogP contribution in [0.15, 0.2) is 29.0 Å². The molecule has 0 aliphatic rings. The molecule has 0 spiro atoms. The van der Waals surface area contributed by atoms with Crippen LogP contribution in [0.2, 0.25) is 0 Å². The second-order valence-corrected chi connectivity index (χ2v) is 4.13. The summed E-state index contributed by atoms with van der Waals surface area (Å²) in [7, 11) is 0. The molecule has 8 heteroatoms. The molecular weight excluding hydrogens is 305 g/mol. The Morgan fingerprint density at radius 3 is 2.83 bits per heavy atom. The summed E-state index contributed by atoms with van der Waals surface area (Å²) >= 11 is 3.08. The first kappa shape index (κ1) is 12.4. The first-order valence-electron chi connectivity index (χ1n) is 4.77. The van der Waals surface area contributed by atoms with Crippen molar-refractivity contribution < 1.29 is 9.18 Å². The monoisotopic (exact) mass is 311 g/mol. The molecule has 0 saturated carbocycles. The second kappa shape index (κ2) is 5.05. The lowest BCUT2D eigenvalue weighted by atomic mass is 10.2. The molecule has 1 aromatic carbocycles. The van der Waals surface area contributed by atoms with Crippen molar-refractivity contribution in [3.05, 3.63) is 40.4 Å². The molecule has 0 radical (unpaired) electrons. The molecule has 2 rings (SSSR count). The van der Waals surface area contributed by atoms with Gasteiger partial charge in [0.05, 0.1) is 23.6 Å². The summed E-state index contributed by atoms with van der Waals surface area (Å²) in [5.41, 5.74) is 5.47. The van der Waals surface area contributed by atoms with Crippen LogP contribution in [0, 0.1) is 5.82 Å². The van der Waals surface area contributed by atoms with E-state index in [9.17, 15) is 9.18 Å². The van der Waals surface area contributed by atoms with E-state index in [0.29, 0.717) is 0 Å². The zero-order valence-electron chi connectivity index (χ0n) is 8.89. The summed E-state index contributed by atoms with van der Waals surface area (Å²) in [6.45, 7) is 0. The molecule has 0 fully saturated rings. The van der Waals surface area contributed by atoms with Crippen molar-refractivity contribution in [1.29, 1.82) is 0 Å². The maximum absolute atomic E-state index is 13.1. The summed E-state index contributed by atoms with van der Waals surface area (Å²) in [6, 6.07) is 2.35. The minimum Gasteiger partial charge on any atom is -0.396 e. The molecule has 0 unspecified atom stereocenters. The molecule has 18 heavy (non-hydrogen) atoms. The van der Waals surface area contributed by atoms with Crippen molar-refractivity contribution >= 4 is 33.5 Å². The molecule has 0 aliphatic heterocycles. The lowest BCUT2D eigenvalue weighted by molar-refractivity contribution is 0.102. The fourth-order valence-electron chi connectivity index (χ4n) is 1.21. The van der Waals surface area contributed by atoms with Crippen molar-refractivity contribution in [3.63, 3.8) is 0 Å². The van der Waals surface area contributed by atoms with E-state index in [4.69, 9.17) is 5.73 Å². The first-order chi connectivity index (χ1) is 8.58. The van der Waals surface area contributed by atoms with Crippen molar-refractivity contribution in [2.75, 3.05) is 11.1 Å². The van der Waals surface area contributed by atoms with Gasteiger partial charge in [-0.05, 0) is 28.1 Å². The summed E-state index contributed by atoms with van der Waals surface area (Å²) in [5, 5.41) is 9.58. The van der Waals surface area contributed by atoms with Crippen LogP contribution in [0.1, 0.15) is 10.4 Å². The molecule has 6 nitrogen and oxygen atoms in total. The highest BCUT2D eigenvalue weighted by Gasteiger charge is 2.14. The Balaban J connectivity index is 2.27. The summed E-state index contributed by atoms with van der Waals surface area (Å²) in [5.74, 6) is -1.06. The third kappa shape index (κ3) is 2.59. The molecule has 1 amide bonds. The van der Waals surface area contributed by atoms with Crippen LogP contribution in [-0.4, -0.2) is 21.1 Å². The maximum Gasteiger partial charge on any atom is 0.259 e. The summed E-state index contributed by atoms with van der Waals surface area (Å²) in [4.78, 5) is 15.7. The number of nitrogens with zero attached hydrogens (tertiary/aromatic N) is 3. The van der Waals surface area contributed by atoms with Crippen molar-refractivity contribution in [3.8, 4) is 0 Å². The molecule has 1 heterocycles. The van der Waals surface area contributed by atoms with Gasteiger partial charge in [-0.3, -0.25) is 10.1 Å². The number of nitrogens with one attached hydrogen (secondary N) is 1. The Hall–Kier alpha value is -2.09. The molecule has 3 N–H and O–H groups in total. The zero-order valence-corrected chi connectivity index (χ0v) is 10.5. The number of hydrogen-bond donors (Lipinski definition) is 2. The number of anilines is 2. The van der Waals surface area contributed by atoms with Crippen LogP contribution in [0.5, 0.6) is 0 Å². The lowest BCUT2D eigenvalue weighted by Gasteiger charge is -2.06. The predicted molar refractivity (Wildman–Crippen MR) is 66.3 cm³/mol. The number of rotatable bonds is 2. The Kier molecular flexibility index (Phi) is 3.47. The van der Waals surface area contributed by atoms with Gasteiger partial charge < -0.3 is 5.73 Å². The van der Waals surface area contributed by atoms with E-state index in [1.165, 1.54) is 18.5 Å². The Bertz CT molecular complexity index is 592. The number of aromatic nitrogens is 3. The zero-order chi connectivity index (χ0) is 13.1. The summed E-state index contributed by atoms with van der Waals surface area (Å²) < 4.78 is 13.4. The van der Waals surface area contributed by atoms with Crippen LogP contribution in [-0.2, 0) is 0 Å². The molecule has 0 bridgehead atoms. The lowest BCUT2D eigenvalue weighted by Crippen LogP contribution is -2.15. The fraction of sp³-hybridized carbons (Fsp3) is 0. The summed E-state index contributed by atoms with van der Waals surface area (Å²) in [6.07, 6.45) is 2.76. The number of benzene rings is 1. The number of carbonyl (C=O) groups excluding carboxylic acids is 1. The number of carbonyl (C=O) groups is 1. The Labute approximate surface area is 110 Å². The third-order valence-corrected chi connectivity index (χ3v) is 2.70. The van der Waals surface area contributed by atoms with Gasteiger partial charge >= 0.3 is 0 Å². The van der Waals surface area contributed by atoms with Gasteiger partial charge in [-0.2, -0.15) is 5.10 Å². The van der Waals surface area contributed by atoms with E-state index in [-0.39, 0.29) is 21.7 Å². The minimum absolute atomic E-state index is 0.0531. The number of nitrogens with two attached hydrogens (primary N) is 1. The third-order valence-electron chi connectivity index (χ3n) is 2.04. The first-order valence-corrected chi connectivity index (χ1v) is 5.57. The van der Waals surface area contributed by atoms with Crippen LogP contribution < -0.4 is 11.1 Å². The van der Waals surface area contributed by atoms with Gasteiger partial charge in [-0.1, -0.05) is 0 Å². The van der Waals surface area contributed by atoms with Gasteiger partial charge in [0.15, 0.2) is 0 Å². The van der Waals surface area contributed by atoms with Crippen molar-refractivity contribution in [1.82, 2.24) is 15.2 Å². The molecule has 0 aliphatic carbocycles. The van der Waals surface area contributed by atoms with E-state index in [0.717, 1.165) is 6.07 Å². The number of amides is 1. The maximum atomic E-state index is 13.1.